The molecule has 124 valence electrons. The number of carbonyl (C=O) groups excluding carboxylic acids is 3. The van der Waals surface area contributed by atoms with Gasteiger partial charge in [0.1, 0.15) is 6.04 Å². The number of hydrogen-bond donors (Lipinski definition) is 2. The van der Waals surface area contributed by atoms with Gasteiger partial charge in [0.25, 0.3) is 0 Å². The molecule has 2 amide bonds. The lowest BCUT2D eigenvalue weighted by Crippen LogP contribution is -2.43. The molecule has 6 nitrogen and oxygen atoms in total. The fourth-order valence-corrected chi connectivity index (χ4v) is 2.83. The first kappa shape index (κ1) is 17.3. The standard InChI is InChI=1S/C16H20N2O4S/c1-22-15(20)9-13(10-3-5-11(23-2)6-4-10)18-16(21)12-7-8-14(19)17-12/h3-6,12-13H,7-9H2,1-2H3,(H,17,19)(H,18,21)/t12-,13-/m0/s1. The Bertz CT molecular complexity index is 588. The summed E-state index contributed by atoms with van der Waals surface area (Å²) in [6.07, 6.45) is 2.84. The normalized spacial score (nSPS) is 18.2. The molecule has 1 heterocycles. The van der Waals surface area contributed by atoms with E-state index in [0.717, 1.165) is 10.5 Å². The summed E-state index contributed by atoms with van der Waals surface area (Å²) < 4.78 is 4.71. The lowest BCUT2D eigenvalue weighted by atomic mass is 10.0. The van der Waals surface area contributed by atoms with E-state index < -0.39 is 18.1 Å². The number of hydrogen-bond acceptors (Lipinski definition) is 5. The lowest BCUT2D eigenvalue weighted by Gasteiger charge is -2.20. The molecule has 7 heteroatoms. The van der Waals surface area contributed by atoms with Crippen molar-refractivity contribution in [2.24, 2.45) is 0 Å². The Morgan fingerprint density at radius 1 is 1.39 bits per heavy atom. The fourth-order valence-electron chi connectivity index (χ4n) is 2.42. The van der Waals surface area contributed by atoms with Gasteiger partial charge in [0, 0.05) is 11.3 Å². The monoisotopic (exact) mass is 336 g/mol. The summed E-state index contributed by atoms with van der Waals surface area (Å²) in [5.74, 6) is -0.808. The Hall–Kier alpha value is -2.02. The van der Waals surface area contributed by atoms with Crippen molar-refractivity contribution in [3.63, 3.8) is 0 Å². The smallest absolute Gasteiger partial charge is 0.307 e. The Morgan fingerprint density at radius 2 is 2.09 bits per heavy atom. The molecule has 2 rings (SSSR count). The summed E-state index contributed by atoms with van der Waals surface area (Å²) in [6, 6.07) is 6.62. The van der Waals surface area contributed by atoms with E-state index in [0.29, 0.717) is 12.8 Å². The van der Waals surface area contributed by atoms with Crippen LogP contribution in [0.4, 0.5) is 0 Å². The number of amides is 2. The molecule has 0 spiro atoms. The van der Waals surface area contributed by atoms with Crippen LogP contribution in [0.15, 0.2) is 29.2 Å². The van der Waals surface area contributed by atoms with E-state index in [9.17, 15) is 14.4 Å². The molecule has 0 unspecified atom stereocenters. The summed E-state index contributed by atoms with van der Waals surface area (Å²) >= 11 is 1.62. The summed E-state index contributed by atoms with van der Waals surface area (Å²) in [4.78, 5) is 36.2. The molecule has 1 fully saturated rings. The van der Waals surface area contributed by atoms with Crippen molar-refractivity contribution >= 4 is 29.5 Å². The van der Waals surface area contributed by atoms with E-state index in [1.54, 1.807) is 11.8 Å². The van der Waals surface area contributed by atoms with Crippen molar-refractivity contribution in [2.75, 3.05) is 13.4 Å². The van der Waals surface area contributed by atoms with E-state index in [4.69, 9.17) is 4.74 Å². The number of thioether (sulfide) groups is 1. The van der Waals surface area contributed by atoms with Crippen LogP contribution >= 0.6 is 11.8 Å². The minimum absolute atomic E-state index is 0.0432. The third kappa shape index (κ3) is 4.72. The molecule has 23 heavy (non-hydrogen) atoms. The molecule has 1 aromatic rings. The zero-order valence-electron chi connectivity index (χ0n) is 13.1. The first-order valence-corrected chi connectivity index (χ1v) is 8.56. The van der Waals surface area contributed by atoms with Crippen LogP contribution in [0.2, 0.25) is 0 Å². The Kier molecular flexibility index (Phi) is 6.04. The fraction of sp³-hybridized carbons (Fsp3) is 0.438. The summed E-state index contributed by atoms with van der Waals surface area (Å²) in [5.41, 5.74) is 0.825. The van der Waals surface area contributed by atoms with Crippen molar-refractivity contribution < 1.29 is 19.1 Å². The lowest BCUT2D eigenvalue weighted by molar-refractivity contribution is -0.141. The van der Waals surface area contributed by atoms with Crippen LogP contribution < -0.4 is 10.6 Å². The second-order valence-corrected chi connectivity index (χ2v) is 6.15. The van der Waals surface area contributed by atoms with E-state index in [-0.39, 0.29) is 18.2 Å². The second-order valence-electron chi connectivity index (χ2n) is 5.27. The maximum absolute atomic E-state index is 12.3. The van der Waals surface area contributed by atoms with Crippen molar-refractivity contribution in [1.82, 2.24) is 10.6 Å². The van der Waals surface area contributed by atoms with Crippen molar-refractivity contribution in [3.05, 3.63) is 29.8 Å². The molecular weight excluding hydrogens is 316 g/mol. The highest BCUT2D eigenvalue weighted by atomic mass is 32.2. The zero-order valence-corrected chi connectivity index (χ0v) is 13.9. The highest BCUT2D eigenvalue weighted by molar-refractivity contribution is 7.98. The first-order chi connectivity index (χ1) is 11.0. The SMILES string of the molecule is COC(=O)C[C@H](NC(=O)[C@@H]1CCC(=O)N1)c1ccc(SC)cc1. The molecule has 0 radical (unpaired) electrons. The van der Waals surface area contributed by atoms with Crippen LogP contribution in [0.5, 0.6) is 0 Å². The molecular formula is C16H20N2O4S. The summed E-state index contributed by atoms with van der Waals surface area (Å²) in [5, 5.41) is 5.46. The molecule has 0 saturated carbocycles. The average molecular weight is 336 g/mol. The Balaban J connectivity index is 2.11. The number of methoxy groups -OCH3 is 1. The predicted octanol–water partition coefficient (Wildman–Crippen LogP) is 1.41. The number of nitrogens with one attached hydrogen (secondary N) is 2. The van der Waals surface area contributed by atoms with Gasteiger partial charge < -0.3 is 15.4 Å². The molecule has 2 atom stereocenters. The number of esters is 1. The van der Waals surface area contributed by atoms with Crippen LogP contribution in [0.25, 0.3) is 0 Å². The van der Waals surface area contributed by atoms with Crippen LogP contribution in [0, 0.1) is 0 Å². The number of carbonyl (C=O) groups is 3. The quantitative estimate of drug-likeness (QED) is 0.606. The minimum atomic E-state index is -0.534. The molecule has 1 aromatic carbocycles. The van der Waals surface area contributed by atoms with E-state index in [1.165, 1.54) is 7.11 Å². The van der Waals surface area contributed by atoms with Crippen LogP contribution in [0.3, 0.4) is 0 Å². The highest BCUT2D eigenvalue weighted by Crippen LogP contribution is 2.22. The van der Waals surface area contributed by atoms with Gasteiger partial charge in [-0.2, -0.15) is 0 Å². The van der Waals surface area contributed by atoms with Gasteiger partial charge in [-0.15, -0.1) is 11.8 Å². The van der Waals surface area contributed by atoms with Gasteiger partial charge in [-0.3, -0.25) is 14.4 Å². The topological polar surface area (TPSA) is 84.5 Å². The number of rotatable bonds is 6. The molecule has 2 N–H and O–H groups in total. The third-order valence-corrected chi connectivity index (χ3v) is 4.49. The number of ether oxygens (including phenoxy) is 1. The Labute approximate surface area is 139 Å². The third-order valence-electron chi connectivity index (χ3n) is 3.74. The van der Waals surface area contributed by atoms with Crippen molar-refractivity contribution in [3.8, 4) is 0 Å². The van der Waals surface area contributed by atoms with Crippen LogP contribution in [-0.2, 0) is 19.1 Å². The summed E-state index contributed by atoms with van der Waals surface area (Å²) in [7, 11) is 1.31. The molecule has 0 aliphatic carbocycles. The molecule has 1 saturated heterocycles. The number of benzene rings is 1. The van der Waals surface area contributed by atoms with Gasteiger partial charge in [0.15, 0.2) is 0 Å². The Morgan fingerprint density at radius 3 is 2.61 bits per heavy atom. The molecule has 1 aliphatic rings. The highest BCUT2D eigenvalue weighted by Gasteiger charge is 2.29. The van der Waals surface area contributed by atoms with E-state index >= 15 is 0 Å². The van der Waals surface area contributed by atoms with E-state index in [1.807, 2.05) is 30.5 Å². The maximum Gasteiger partial charge on any atom is 0.307 e. The largest absolute Gasteiger partial charge is 0.469 e. The minimum Gasteiger partial charge on any atom is -0.469 e. The average Bonchev–Trinajstić information content (AvgIpc) is 3.00. The molecule has 0 aromatic heterocycles. The zero-order chi connectivity index (χ0) is 16.8. The van der Waals surface area contributed by atoms with Gasteiger partial charge in [0.2, 0.25) is 11.8 Å². The van der Waals surface area contributed by atoms with Gasteiger partial charge in [-0.1, -0.05) is 12.1 Å². The maximum atomic E-state index is 12.3. The van der Waals surface area contributed by atoms with Crippen LogP contribution in [0.1, 0.15) is 30.9 Å². The van der Waals surface area contributed by atoms with Gasteiger partial charge >= 0.3 is 5.97 Å². The van der Waals surface area contributed by atoms with Crippen molar-refractivity contribution in [2.45, 2.75) is 36.2 Å². The predicted molar refractivity (Wildman–Crippen MR) is 86.9 cm³/mol. The first-order valence-electron chi connectivity index (χ1n) is 7.34. The summed E-state index contributed by atoms with van der Waals surface area (Å²) in [6.45, 7) is 0. The second kappa shape index (κ2) is 8.01. The molecule has 1 aliphatic heterocycles. The van der Waals surface area contributed by atoms with Crippen LogP contribution in [-0.4, -0.2) is 37.2 Å². The molecule has 0 bridgehead atoms. The van der Waals surface area contributed by atoms with Gasteiger partial charge in [0.05, 0.1) is 19.6 Å². The van der Waals surface area contributed by atoms with Gasteiger partial charge in [-0.05, 0) is 30.4 Å². The van der Waals surface area contributed by atoms with Gasteiger partial charge in [-0.25, -0.2) is 0 Å². The van der Waals surface area contributed by atoms with E-state index in [2.05, 4.69) is 10.6 Å². The van der Waals surface area contributed by atoms with Crippen molar-refractivity contribution in [1.29, 1.82) is 0 Å².